The van der Waals surface area contributed by atoms with Crippen LogP contribution in [0.5, 0.6) is 0 Å². The summed E-state index contributed by atoms with van der Waals surface area (Å²) < 4.78 is 0. The van der Waals surface area contributed by atoms with E-state index in [2.05, 4.69) is 16.0 Å². The third kappa shape index (κ3) is 3.32. The minimum Gasteiger partial charge on any atom is -0.332 e. The number of urea groups is 1. The van der Waals surface area contributed by atoms with Gasteiger partial charge in [-0.05, 0) is 100 Å². The zero-order valence-electron chi connectivity index (χ0n) is 17.9. The molecule has 0 aromatic heterocycles. The van der Waals surface area contributed by atoms with Gasteiger partial charge in [0.05, 0.1) is 5.54 Å². The first-order valence-corrected chi connectivity index (χ1v) is 12.4. The second kappa shape index (κ2) is 6.45. The number of carbonyl (C=O) groups excluding carboxylic acids is 2. The number of nitrogens with two attached hydrogens (primary N) is 1. The molecule has 8 rings (SSSR count). The highest BCUT2D eigenvalue weighted by atomic mass is 16.2. The molecule has 0 saturated heterocycles. The first-order valence-electron chi connectivity index (χ1n) is 12.4. The second-order valence-electron chi connectivity index (χ2n) is 12.4. The fraction of sp³-hybridized carbons (Fsp3) is 0.917. The molecule has 5 heteroatoms. The molecule has 1 atom stereocenters. The molecule has 4 N–H and O–H groups in total. The summed E-state index contributed by atoms with van der Waals surface area (Å²) in [5, 5.41) is 8.34. The van der Waals surface area contributed by atoms with Gasteiger partial charge in [-0.25, -0.2) is 4.79 Å². The van der Waals surface area contributed by atoms with E-state index in [-0.39, 0.29) is 29.1 Å². The Morgan fingerprint density at radius 1 is 0.759 bits per heavy atom. The van der Waals surface area contributed by atoms with Gasteiger partial charge in [-0.3, -0.25) is 10.1 Å². The van der Waals surface area contributed by atoms with Crippen molar-refractivity contribution < 1.29 is 14.9 Å². The molecule has 3 amide bonds. The van der Waals surface area contributed by atoms with E-state index in [1.807, 2.05) is 6.92 Å². The SMILES string of the molecule is C[C@@H]([NH2+]C12CC3CC(CC(C3)C1)C2)C(=O)NC(=O)NC12CC3CC(CC(C3)C1)C2. The van der Waals surface area contributed by atoms with Crippen LogP contribution in [0.1, 0.15) is 84.0 Å². The van der Waals surface area contributed by atoms with Gasteiger partial charge < -0.3 is 10.6 Å². The number of amides is 3. The van der Waals surface area contributed by atoms with Crippen molar-refractivity contribution in [1.29, 1.82) is 0 Å². The number of carbonyl (C=O) groups is 2. The predicted molar refractivity (Wildman–Crippen MR) is 110 cm³/mol. The van der Waals surface area contributed by atoms with Gasteiger partial charge in [0.2, 0.25) is 0 Å². The van der Waals surface area contributed by atoms with E-state index in [1.54, 1.807) is 0 Å². The third-order valence-electron chi connectivity index (χ3n) is 9.76. The summed E-state index contributed by atoms with van der Waals surface area (Å²) in [5.41, 5.74) is 0.230. The van der Waals surface area contributed by atoms with Crippen molar-refractivity contribution in [1.82, 2.24) is 10.6 Å². The van der Waals surface area contributed by atoms with Crippen molar-refractivity contribution in [2.45, 2.75) is 101 Å². The predicted octanol–water partition coefficient (Wildman–Crippen LogP) is 2.70. The van der Waals surface area contributed by atoms with E-state index in [9.17, 15) is 9.59 Å². The quantitative estimate of drug-likeness (QED) is 0.679. The van der Waals surface area contributed by atoms with Crippen LogP contribution in [0.15, 0.2) is 0 Å². The summed E-state index contributed by atoms with van der Waals surface area (Å²) >= 11 is 0. The van der Waals surface area contributed by atoms with Crippen LogP contribution in [0.25, 0.3) is 0 Å². The Labute approximate surface area is 174 Å². The monoisotopic (exact) mass is 400 g/mol. The lowest BCUT2D eigenvalue weighted by Gasteiger charge is -2.56. The maximum Gasteiger partial charge on any atom is 0.322 e. The first-order chi connectivity index (χ1) is 13.9. The minimum absolute atomic E-state index is 0.0357. The fourth-order valence-electron chi connectivity index (χ4n) is 9.75. The summed E-state index contributed by atoms with van der Waals surface area (Å²) in [6.07, 6.45) is 15.5. The van der Waals surface area contributed by atoms with E-state index >= 15 is 0 Å². The van der Waals surface area contributed by atoms with Gasteiger partial charge in [-0.2, -0.15) is 0 Å². The number of imide groups is 1. The Morgan fingerprint density at radius 2 is 1.17 bits per heavy atom. The number of rotatable bonds is 4. The molecule has 0 radical (unpaired) electrons. The van der Waals surface area contributed by atoms with Gasteiger partial charge in [0.1, 0.15) is 0 Å². The van der Waals surface area contributed by atoms with Crippen molar-refractivity contribution in [2.75, 3.05) is 0 Å². The molecule has 0 unspecified atom stereocenters. The molecular weight excluding hydrogens is 362 g/mol. The van der Waals surface area contributed by atoms with Crippen molar-refractivity contribution in [3.05, 3.63) is 0 Å². The molecule has 0 aliphatic heterocycles. The van der Waals surface area contributed by atoms with Crippen LogP contribution < -0.4 is 16.0 Å². The molecule has 8 fully saturated rings. The molecule has 5 nitrogen and oxygen atoms in total. The van der Waals surface area contributed by atoms with E-state index in [0.29, 0.717) is 0 Å². The van der Waals surface area contributed by atoms with Crippen LogP contribution in [-0.2, 0) is 4.79 Å². The van der Waals surface area contributed by atoms with E-state index < -0.39 is 0 Å². The fourth-order valence-corrected chi connectivity index (χ4v) is 9.75. The molecule has 0 heterocycles. The highest BCUT2D eigenvalue weighted by Crippen LogP contribution is 2.56. The standard InChI is InChI=1S/C24H37N3O2/c1-14(26-23-8-15-2-16(9-23)4-17(3-15)10-23)21(28)25-22(29)27-24-11-18-5-19(12-24)7-20(6-18)13-24/h14-20,26H,2-13H2,1H3,(H2,25,27,28,29)/p+1/t14-,15?,16?,17?,18?,19?,20?,23?,24?/m1/s1. The molecule has 8 saturated carbocycles. The summed E-state index contributed by atoms with van der Waals surface area (Å²) in [7, 11) is 0. The first kappa shape index (κ1) is 18.7. The van der Waals surface area contributed by atoms with Crippen LogP contribution in [0.2, 0.25) is 0 Å². The Hall–Kier alpha value is -1.10. The molecule has 0 aromatic rings. The lowest BCUT2D eigenvalue weighted by molar-refractivity contribution is -0.754. The summed E-state index contributed by atoms with van der Waals surface area (Å²) in [5.74, 6) is 4.91. The molecular formula is C24H38N3O2+. The van der Waals surface area contributed by atoms with Gasteiger partial charge in [-0.1, -0.05) is 0 Å². The minimum atomic E-state index is -0.247. The third-order valence-corrected chi connectivity index (χ3v) is 9.76. The summed E-state index contributed by atoms with van der Waals surface area (Å²) in [6, 6.07) is -0.434. The Balaban J connectivity index is 1.06. The lowest BCUT2D eigenvalue weighted by atomic mass is 9.53. The molecule has 0 aromatic carbocycles. The summed E-state index contributed by atoms with van der Waals surface area (Å²) in [4.78, 5) is 25.6. The lowest BCUT2D eigenvalue weighted by Crippen LogP contribution is -3.04. The molecule has 8 aliphatic carbocycles. The highest BCUT2D eigenvalue weighted by molar-refractivity contribution is 5.96. The molecule has 8 bridgehead atoms. The van der Waals surface area contributed by atoms with Gasteiger partial charge in [0, 0.05) is 24.8 Å². The van der Waals surface area contributed by atoms with Crippen LogP contribution in [0, 0.1) is 35.5 Å². The second-order valence-corrected chi connectivity index (χ2v) is 12.4. The highest BCUT2D eigenvalue weighted by Gasteiger charge is 2.55. The smallest absolute Gasteiger partial charge is 0.322 e. The van der Waals surface area contributed by atoms with E-state index in [1.165, 1.54) is 57.8 Å². The van der Waals surface area contributed by atoms with Gasteiger partial charge in [0.25, 0.3) is 5.91 Å². The van der Waals surface area contributed by atoms with Gasteiger partial charge in [0.15, 0.2) is 6.04 Å². The summed E-state index contributed by atoms with van der Waals surface area (Å²) in [6.45, 7) is 1.99. The Morgan fingerprint density at radius 3 is 1.62 bits per heavy atom. The Kier molecular flexibility index (Phi) is 4.15. The van der Waals surface area contributed by atoms with Crippen molar-refractivity contribution in [2.24, 2.45) is 35.5 Å². The zero-order valence-corrected chi connectivity index (χ0v) is 17.9. The Bertz CT molecular complexity index is 646. The van der Waals surface area contributed by atoms with Crippen LogP contribution in [0.4, 0.5) is 4.79 Å². The molecule has 8 aliphatic rings. The maximum absolute atomic E-state index is 12.9. The number of nitrogens with one attached hydrogen (secondary N) is 2. The van der Waals surface area contributed by atoms with E-state index in [4.69, 9.17) is 0 Å². The van der Waals surface area contributed by atoms with Crippen molar-refractivity contribution in [3.63, 3.8) is 0 Å². The number of quaternary nitrogens is 1. The molecule has 29 heavy (non-hydrogen) atoms. The van der Waals surface area contributed by atoms with Crippen molar-refractivity contribution in [3.8, 4) is 0 Å². The average Bonchev–Trinajstić information content (AvgIpc) is 2.58. The number of hydrogen-bond donors (Lipinski definition) is 3. The van der Waals surface area contributed by atoms with Crippen molar-refractivity contribution >= 4 is 11.9 Å². The van der Waals surface area contributed by atoms with Gasteiger partial charge in [-0.15, -0.1) is 0 Å². The van der Waals surface area contributed by atoms with Crippen LogP contribution in [0.3, 0.4) is 0 Å². The van der Waals surface area contributed by atoms with E-state index in [0.717, 1.165) is 54.8 Å². The topological polar surface area (TPSA) is 74.8 Å². The average molecular weight is 401 g/mol. The largest absolute Gasteiger partial charge is 0.332 e. The molecule has 160 valence electrons. The normalized spacial score (nSPS) is 49.8. The zero-order chi connectivity index (χ0) is 19.8. The van der Waals surface area contributed by atoms with Crippen LogP contribution in [-0.4, -0.2) is 29.1 Å². The number of hydrogen-bond acceptors (Lipinski definition) is 2. The van der Waals surface area contributed by atoms with Gasteiger partial charge >= 0.3 is 6.03 Å². The maximum atomic E-state index is 12.9. The van der Waals surface area contributed by atoms with Crippen LogP contribution >= 0.6 is 0 Å². The molecule has 0 spiro atoms.